The molecule has 2 aliphatic rings. The average molecular weight is 376 g/mol. The fourth-order valence-corrected chi connectivity index (χ4v) is 4.38. The number of piperidine rings is 1. The third kappa shape index (κ3) is 3.60. The summed E-state index contributed by atoms with van der Waals surface area (Å²) in [4.78, 5) is 29.7. The minimum absolute atomic E-state index is 0.0182. The normalized spacial score (nSPS) is 22.4. The lowest BCUT2D eigenvalue weighted by Crippen LogP contribution is -2.61. The number of carbonyl (C=O) groups is 2. The number of aliphatic hydroxyl groups is 1. The van der Waals surface area contributed by atoms with Gasteiger partial charge in [-0.25, -0.2) is 0 Å². The minimum Gasteiger partial charge on any atom is -0.497 e. The predicted molar refractivity (Wildman–Crippen MR) is 99.8 cm³/mol. The molecule has 1 spiro atoms. The Bertz CT molecular complexity index is 706. The van der Waals surface area contributed by atoms with E-state index in [9.17, 15) is 14.7 Å². The molecule has 1 aromatic carbocycles. The molecule has 1 unspecified atom stereocenters. The number of benzene rings is 1. The topological polar surface area (TPSA) is 79.3 Å². The van der Waals surface area contributed by atoms with Crippen molar-refractivity contribution in [1.82, 2.24) is 9.80 Å². The SMILES string of the molecule is COc1ccc(CC(=O)N2CCCC23CCCN(CCO)C3=O)c(OC)c1. The largest absolute Gasteiger partial charge is 0.497 e. The number of β-amino-alcohol motifs (C(OH)–C–C–N with tert-alkyl or cyclic N) is 1. The van der Waals surface area contributed by atoms with Gasteiger partial charge in [0.25, 0.3) is 0 Å². The Labute approximate surface area is 159 Å². The molecule has 7 nitrogen and oxygen atoms in total. The Kier molecular flexibility index (Phi) is 5.89. The number of ether oxygens (including phenoxy) is 2. The van der Waals surface area contributed by atoms with Crippen LogP contribution in [0.15, 0.2) is 18.2 Å². The summed E-state index contributed by atoms with van der Waals surface area (Å²) < 4.78 is 10.6. The Morgan fingerprint density at radius 1 is 1.19 bits per heavy atom. The monoisotopic (exact) mass is 376 g/mol. The summed E-state index contributed by atoms with van der Waals surface area (Å²) in [5.74, 6) is 1.20. The van der Waals surface area contributed by atoms with Crippen molar-refractivity contribution in [2.45, 2.75) is 37.6 Å². The van der Waals surface area contributed by atoms with Gasteiger partial charge >= 0.3 is 0 Å². The molecule has 2 heterocycles. The first kappa shape index (κ1) is 19.5. The van der Waals surface area contributed by atoms with E-state index < -0.39 is 5.54 Å². The molecule has 27 heavy (non-hydrogen) atoms. The number of methoxy groups -OCH3 is 2. The third-order valence-electron chi connectivity index (χ3n) is 5.70. The van der Waals surface area contributed by atoms with Gasteiger partial charge in [-0.3, -0.25) is 9.59 Å². The van der Waals surface area contributed by atoms with Crippen LogP contribution < -0.4 is 9.47 Å². The van der Waals surface area contributed by atoms with Crippen molar-refractivity contribution < 1.29 is 24.2 Å². The van der Waals surface area contributed by atoms with E-state index in [-0.39, 0.29) is 24.8 Å². The number of hydrogen-bond acceptors (Lipinski definition) is 5. The maximum atomic E-state index is 13.1. The first-order valence-electron chi connectivity index (χ1n) is 9.47. The first-order chi connectivity index (χ1) is 13.1. The number of hydrogen-bond donors (Lipinski definition) is 1. The van der Waals surface area contributed by atoms with Crippen molar-refractivity contribution in [1.29, 1.82) is 0 Å². The Hall–Kier alpha value is -2.28. The molecule has 0 radical (unpaired) electrons. The van der Waals surface area contributed by atoms with E-state index in [1.807, 2.05) is 6.07 Å². The van der Waals surface area contributed by atoms with Gasteiger partial charge in [0.15, 0.2) is 0 Å². The second-order valence-electron chi connectivity index (χ2n) is 7.15. The van der Waals surface area contributed by atoms with Crippen molar-refractivity contribution in [3.8, 4) is 11.5 Å². The highest BCUT2D eigenvalue weighted by molar-refractivity contribution is 5.93. The lowest BCUT2D eigenvalue weighted by molar-refractivity contribution is -0.155. The van der Waals surface area contributed by atoms with Crippen LogP contribution in [-0.2, 0) is 16.0 Å². The molecule has 2 aliphatic heterocycles. The van der Waals surface area contributed by atoms with Crippen LogP contribution in [0.25, 0.3) is 0 Å². The number of nitrogens with zero attached hydrogens (tertiary/aromatic N) is 2. The molecule has 2 amide bonds. The maximum absolute atomic E-state index is 13.1. The van der Waals surface area contributed by atoms with Gasteiger partial charge in [0.05, 0.1) is 27.2 Å². The predicted octanol–water partition coefficient (Wildman–Crippen LogP) is 1.22. The number of aliphatic hydroxyl groups excluding tert-OH is 1. The van der Waals surface area contributed by atoms with Crippen LogP contribution in [-0.4, -0.2) is 72.7 Å². The molecule has 1 atom stereocenters. The van der Waals surface area contributed by atoms with Gasteiger partial charge in [0.2, 0.25) is 11.8 Å². The maximum Gasteiger partial charge on any atom is 0.248 e. The molecule has 3 rings (SSSR count). The molecule has 0 saturated carbocycles. The summed E-state index contributed by atoms with van der Waals surface area (Å²) in [5, 5.41) is 9.24. The molecular formula is C20H28N2O5. The lowest BCUT2D eigenvalue weighted by Gasteiger charge is -2.44. The molecule has 0 bridgehead atoms. The molecule has 148 valence electrons. The second-order valence-corrected chi connectivity index (χ2v) is 7.15. The van der Waals surface area contributed by atoms with Gasteiger partial charge in [-0.15, -0.1) is 0 Å². The number of carbonyl (C=O) groups excluding carboxylic acids is 2. The standard InChI is InChI=1S/C20H28N2O5/c1-26-16-6-5-15(17(14-16)27-2)13-18(24)22-10-4-8-20(22)7-3-9-21(11-12-23)19(20)25/h5-6,14,23H,3-4,7-13H2,1-2H3. The lowest BCUT2D eigenvalue weighted by atomic mass is 9.85. The molecule has 1 aromatic rings. The quantitative estimate of drug-likeness (QED) is 0.808. The van der Waals surface area contributed by atoms with Crippen molar-refractivity contribution in [2.75, 3.05) is 40.5 Å². The van der Waals surface area contributed by atoms with Gasteiger partial charge in [-0.1, -0.05) is 6.07 Å². The molecule has 2 saturated heterocycles. The van der Waals surface area contributed by atoms with E-state index >= 15 is 0 Å². The molecular weight excluding hydrogens is 348 g/mol. The Morgan fingerprint density at radius 3 is 2.59 bits per heavy atom. The van der Waals surface area contributed by atoms with Crippen LogP contribution >= 0.6 is 0 Å². The van der Waals surface area contributed by atoms with Crippen molar-refractivity contribution >= 4 is 11.8 Å². The summed E-state index contributed by atoms with van der Waals surface area (Å²) >= 11 is 0. The first-order valence-corrected chi connectivity index (χ1v) is 9.47. The molecule has 7 heteroatoms. The number of amides is 2. The highest BCUT2D eigenvalue weighted by atomic mass is 16.5. The third-order valence-corrected chi connectivity index (χ3v) is 5.70. The van der Waals surface area contributed by atoms with Crippen LogP contribution in [0.1, 0.15) is 31.2 Å². The zero-order chi connectivity index (χ0) is 19.4. The molecule has 1 N–H and O–H groups in total. The Balaban J connectivity index is 1.81. The second kappa shape index (κ2) is 8.17. The average Bonchev–Trinajstić information content (AvgIpc) is 3.10. The molecule has 2 fully saturated rings. The fourth-order valence-electron chi connectivity index (χ4n) is 4.38. The highest BCUT2D eigenvalue weighted by Crippen LogP contribution is 2.39. The van der Waals surface area contributed by atoms with E-state index in [1.54, 1.807) is 36.2 Å². The summed E-state index contributed by atoms with van der Waals surface area (Å²) in [6.07, 6.45) is 3.24. The summed E-state index contributed by atoms with van der Waals surface area (Å²) in [6, 6.07) is 5.40. The minimum atomic E-state index is -0.746. The summed E-state index contributed by atoms with van der Waals surface area (Å²) in [6.45, 7) is 1.51. The zero-order valence-electron chi connectivity index (χ0n) is 16.1. The smallest absolute Gasteiger partial charge is 0.248 e. The number of rotatable bonds is 6. The van der Waals surface area contributed by atoms with E-state index in [4.69, 9.17) is 9.47 Å². The van der Waals surface area contributed by atoms with Gasteiger partial charge in [-0.05, 0) is 31.7 Å². The summed E-state index contributed by atoms with van der Waals surface area (Å²) in [7, 11) is 3.15. The Morgan fingerprint density at radius 2 is 1.93 bits per heavy atom. The zero-order valence-corrected chi connectivity index (χ0v) is 16.1. The van der Waals surface area contributed by atoms with Gasteiger partial charge < -0.3 is 24.4 Å². The highest BCUT2D eigenvalue weighted by Gasteiger charge is 2.52. The van der Waals surface area contributed by atoms with Crippen molar-refractivity contribution in [3.63, 3.8) is 0 Å². The number of likely N-dealkylation sites (tertiary alicyclic amines) is 2. The molecule has 0 aliphatic carbocycles. The van der Waals surface area contributed by atoms with Crippen LogP contribution in [0.5, 0.6) is 11.5 Å². The van der Waals surface area contributed by atoms with Gasteiger partial charge in [0.1, 0.15) is 17.0 Å². The van der Waals surface area contributed by atoms with E-state index in [1.165, 1.54) is 0 Å². The van der Waals surface area contributed by atoms with Crippen LogP contribution in [0, 0.1) is 0 Å². The summed E-state index contributed by atoms with van der Waals surface area (Å²) in [5.41, 5.74) is 0.0327. The van der Waals surface area contributed by atoms with Gasteiger partial charge in [-0.2, -0.15) is 0 Å². The van der Waals surface area contributed by atoms with Crippen molar-refractivity contribution in [3.05, 3.63) is 23.8 Å². The molecule has 0 aromatic heterocycles. The van der Waals surface area contributed by atoms with Crippen LogP contribution in [0.4, 0.5) is 0 Å². The van der Waals surface area contributed by atoms with E-state index in [0.717, 1.165) is 18.4 Å². The van der Waals surface area contributed by atoms with E-state index in [0.29, 0.717) is 44.0 Å². The van der Waals surface area contributed by atoms with E-state index in [2.05, 4.69) is 0 Å². The van der Waals surface area contributed by atoms with Gasteiger partial charge in [0, 0.05) is 31.3 Å². The van der Waals surface area contributed by atoms with Crippen molar-refractivity contribution in [2.24, 2.45) is 0 Å². The van der Waals surface area contributed by atoms with Crippen LogP contribution in [0.2, 0.25) is 0 Å². The van der Waals surface area contributed by atoms with Crippen LogP contribution in [0.3, 0.4) is 0 Å². The fraction of sp³-hybridized carbons (Fsp3) is 0.600.